The smallest absolute Gasteiger partial charge is 0.255 e. The number of fused-ring (bicyclic) bond motifs is 2. The van der Waals surface area contributed by atoms with Gasteiger partial charge in [0, 0.05) is 24.9 Å². The summed E-state index contributed by atoms with van der Waals surface area (Å²) in [4.78, 5) is 12.3. The Kier molecular flexibility index (Phi) is 4.04. The van der Waals surface area contributed by atoms with Gasteiger partial charge in [0.2, 0.25) is 0 Å². The van der Waals surface area contributed by atoms with E-state index >= 15 is 0 Å². The number of benzene rings is 2. The van der Waals surface area contributed by atoms with E-state index in [9.17, 15) is 4.79 Å². The minimum absolute atomic E-state index is 0.0984. The number of carbonyl (C=O) groups excluding carboxylic acids is 1. The molecule has 0 aliphatic carbocycles. The van der Waals surface area contributed by atoms with Crippen LogP contribution in [-0.4, -0.2) is 30.0 Å². The lowest BCUT2D eigenvalue weighted by Gasteiger charge is -2.09. The van der Waals surface area contributed by atoms with Gasteiger partial charge in [-0.2, -0.15) is 4.37 Å². The third-order valence-corrected chi connectivity index (χ3v) is 4.87. The van der Waals surface area contributed by atoms with Gasteiger partial charge in [0.1, 0.15) is 11.6 Å². The fourth-order valence-corrected chi connectivity index (χ4v) is 3.61. The molecule has 4 rings (SSSR count). The number of amides is 1. The van der Waals surface area contributed by atoms with Gasteiger partial charge >= 0.3 is 0 Å². The van der Waals surface area contributed by atoms with Crippen molar-refractivity contribution in [2.75, 3.05) is 25.0 Å². The molecule has 1 aliphatic rings. The van der Waals surface area contributed by atoms with Gasteiger partial charge in [-0.05, 0) is 35.3 Å². The lowest BCUT2D eigenvalue weighted by molar-refractivity contribution is 0.0952. The van der Waals surface area contributed by atoms with Gasteiger partial charge in [-0.25, -0.2) is 0 Å². The molecule has 1 amide bonds. The molecule has 1 aliphatic heterocycles. The molecule has 2 heterocycles. The average Bonchev–Trinajstić information content (AvgIpc) is 3.25. The number of hydrogen-bond acceptors (Lipinski definition) is 5. The van der Waals surface area contributed by atoms with Crippen LogP contribution in [0.15, 0.2) is 42.5 Å². The van der Waals surface area contributed by atoms with E-state index in [0.29, 0.717) is 25.3 Å². The number of ether oxygens (including phenoxy) is 1. The molecule has 6 heteroatoms. The number of nitrogens with one attached hydrogen (secondary N) is 2. The topological polar surface area (TPSA) is 63.2 Å². The van der Waals surface area contributed by atoms with Gasteiger partial charge in [0.15, 0.2) is 0 Å². The molecule has 1 aromatic heterocycles. The Morgan fingerprint density at radius 1 is 1.17 bits per heavy atom. The number of para-hydroxylation sites is 1. The number of hydrogen-bond donors (Lipinski definition) is 2. The summed E-state index contributed by atoms with van der Waals surface area (Å²) in [5.74, 6) is 1.50. The summed E-state index contributed by atoms with van der Waals surface area (Å²) in [6, 6.07) is 13.8. The van der Waals surface area contributed by atoms with E-state index < -0.39 is 0 Å². The molecule has 0 fully saturated rings. The highest BCUT2D eigenvalue weighted by Crippen LogP contribution is 2.29. The van der Waals surface area contributed by atoms with Crippen LogP contribution in [0.1, 0.15) is 15.9 Å². The zero-order valence-electron chi connectivity index (χ0n) is 13.0. The van der Waals surface area contributed by atoms with Crippen molar-refractivity contribution in [2.45, 2.75) is 6.42 Å². The van der Waals surface area contributed by atoms with Crippen molar-refractivity contribution in [1.82, 2.24) is 9.69 Å². The molecule has 24 heavy (non-hydrogen) atoms. The first kappa shape index (κ1) is 15.0. The van der Waals surface area contributed by atoms with Gasteiger partial charge in [-0.3, -0.25) is 4.79 Å². The van der Waals surface area contributed by atoms with E-state index in [1.807, 2.05) is 30.3 Å². The quantitative estimate of drug-likeness (QED) is 0.701. The monoisotopic (exact) mass is 339 g/mol. The molecule has 5 nitrogen and oxygen atoms in total. The van der Waals surface area contributed by atoms with Gasteiger partial charge in [0.25, 0.3) is 5.91 Å². The second kappa shape index (κ2) is 6.49. The van der Waals surface area contributed by atoms with Crippen molar-refractivity contribution >= 4 is 33.3 Å². The van der Waals surface area contributed by atoms with Crippen LogP contribution in [0.4, 0.5) is 5.82 Å². The average molecular weight is 339 g/mol. The van der Waals surface area contributed by atoms with Crippen molar-refractivity contribution in [3.05, 3.63) is 53.6 Å². The molecule has 0 spiro atoms. The number of anilines is 1. The molecule has 0 saturated heterocycles. The maximum atomic E-state index is 12.3. The van der Waals surface area contributed by atoms with Crippen LogP contribution >= 0.6 is 11.5 Å². The largest absolute Gasteiger partial charge is 0.492 e. The highest BCUT2D eigenvalue weighted by Gasteiger charge is 2.19. The molecule has 0 bridgehead atoms. The minimum Gasteiger partial charge on any atom is -0.492 e. The van der Waals surface area contributed by atoms with Crippen LogP contribution in [0.2, 0.25) is 0 Å². The number of rotatable bonds is 5. The predicted molar refractivity (Wildman–Crippen MR) is 96.1 cm³/mol. The van der Waals surface area contributed by atoms with Crippen molar-refractivity contribution in [2.24, 2.45) is 0 Å². The summed E-state index contributed by atoms with van der Waals surface area (Å²) in [6.07, 6.45) is 0.870. The minimum atomic E-state index is -0.0984. The summed E-state index contributed by atoms with van der Waals surface area (Å²) < 4.78 is 11.1. The van der Waals surface area contributed by atoms with Gasteiger partial charge in [-0.15, -0.1) is 0 Å². The van der Waals surface area contributed by atoms with Crippen molar-refractivity contribution in [3.63, 3.8) is 0 Å². The van der Waals surface area contributed by atoms with Crippen molar-refractivity contribution in [1.29, 1.82) is 0 Å². The highest BCUT2D eigenvalue weighted by molar-refractivity contribution is 7.13. The molecule has 0 saturated carbocycles. The van der Waals surface area contributed by atoms with Gasteiger partial charge < -0.3 is 15.4 Å². The van der Waals surface area contributed by atoms with Crippen LogP contribution in [0.3, 0.4) is 0 Å². The first-order chi connectivity index (χ1) is 11.8. The lowest BCUT2D eigenvalue weighted by atomic mass is 10.1. The van der Waals surface area contributed by atoms with Crippen LogP contribution in [0.5, 0.6) is 5.75 Å². The zero-order chi connectivity index (χ0) is 16.4. The SMILES string of the molecule is O=C(NCCNc1nsc2ccccc12)c1cccc2c1OCC2. The first-order valence-electron chi connectivity index (χ1n) is 7.94. The first-order valence-corrected chi connectivity index (χ1v) is 8.71. The molecular formula is C18H17N3O2S. The Labute approximate surface area is 143 Å². The number of nitrogens with zero attached hydrogens (tertiary/aromatic N) is 1. The molecule has 0 atom stereocenters. The summed E-state index contributed by atoms with van der Waals surface area (Å²) >= 11 is 1.47. The number of carbonyl (C=O) groups is 1. The third-order valence-electron chi connectivity index (χ3n) is 4.04. The van der Waals surface area contributed by atoms with E-state index in [-0.39, 0.29) is 5.91 Å². The standard InChI is InChI=1S/C18H17N3O2S/c22-18(14-6-3-4-12-8-11-23-16(12)14)20-10-9-19-17-13-5-1-2-7-15(13)24-21-17/h1-7H,8-11H2,(H,19,21)(H,20,22). The van der Waals surface area contributed by atoms with Gasteiger partial charge in [0.05, 0.1) is 16.9 Å². The number of aromatic nitrogens is 1. The maximum absolute atomic E-state index is 12.3. The van der Waals surface area contributed by atoms with Crippen LogP contribution in [0, 0.1) is 0 Å². The molecule has 122 valence electrons. The summed E-state index contributed by atoms with van der Waals surface area (Å²) in [6.45, 7) is 1.79. The molecular weight excluding hydrogens is 322 g/mol. The molecule has 2 aromatic carbocycles. The van der Waals surface area contributed by atoms with E-state index in [4.69, 9.17) is 4.74 Å². The maximum Gasteiger partial charge on any atom is 0.255 e. The molecule has 2 N–H and O–H groups in total. The lowest BCUT2D eigenvalue weighted by Crippen LogP contribution is -2.29. The Morgan fingerprint density at radius 2 is 2.08 bits per heavy atom. The van der Waals surface area contributed by atoms with Crippen LogP contribution < -0.4 is 15.4 Å². The normalized spacial score (nSPS) is 12.7. The molecule has 3 aromatic rings. The van der Waals surface area contributed by atoms with E-state index in [2.05, 4.69) is 21.1 Å². The fraction of sp³-hybridized carbons (Fsp3) is 0.222. The Balaban J connectivity index is 1.35. The van der Waals surface area contributed by atoms with E-state index in [1.54, 1.807) is 6.07 Å². The van der Waals surface area contributed by atoms with E-state index in [0.717, 1.165) is 33.6 Å². The second-order valence-electron chi connectivity index (χ2n) is 5.60. The third kappa shape index (κ3) is 2.80. The summed E-state index contributed by atoms with van der Waals surface area (Å²) in [5, 5.41) is 7.33. The summed E-state index contributed by atoms with van der Waals surface area (Å²) in [5.41, 5.74) is 1.72. The van der Waals surface area contributed by atoms with E-state index in [1.165, 1.54) is 11.5 Å². The van der Waals surface area contributed by atoms with Crippen molar-refractivity contribution in [3.8, 4) is 5.75 Å². The van der Waals surface area contributed by atoms with Gasteiger partial charge in [-0.1, -0.05) is 24.3 Å². The van der Waals surface area contributed by atoms with Crippen LogP contribution in [0.25, 0.3) is 10.1 Å². The highest BCUT2D eigenvalue weighted by atomic mass is 32.1. The Bertz CT molecular complexity index is 891. The predicted octanol–water partition coefficient (Wildman–Crippen LogP) is 3.07. The van der Waals surface area contributed by atoms with Crippen molar-refractivity contribution < 1.29 is 9.53 Å². The molecule has 0 unspecified atom stereocenters. The second-order valence-corrected chi connectivity index (χ2v) is 6.41. The Morgan fingerprint density at radius 3 is 3.04 bits per heavy atom. The van der Waals surface area contributed by atoms with Crippen LogP contribution in [-0.2, 0) is 6.42 Å². The Hall–Kier alpha value is -2.60. The zero-order valence-corrected chi connectivity index (χ0v) is 13.9. The molecule has 0 radical (unpaired) electrons. The fourth-order valence-electron chi connectivity index (χ4n) is 2.86. The summed E-state index contributed by atoms with van der Waals surface area (Å²) in [7, 11) is 0.